The Kier molecular flexibility index (Phi) is 5.46. The summed E-state index contributed by atoms with van der Waals surface area (Å²) in [6.45, 7) is 5.39. The van der Waals surface area contributed by atoms with E-state index in [9.17, 15) is 5.11 Å². The summed E-state index contributed by atoms with van der Waals surface area (Å²) in [6, 6.07) is 0. The lowest BCUT2D eigenvalue weighted by Gasteiger charge is -2.25. The van der Waals surface area contributed by atoms with E-state index >= 15 is 0 Å². The SMILES string of the molecule is CCNCC(O)(CC)CCO. The first-order valence-electron chi connectivity index (χ1n) is 4.22. The molecule has 0 heterocycles. The van der Waals surface area contributed by atoms with Crippen LogP contribution in [-0.2, 0) is 0 Å². The van der Waals surface area contributed by atoms with Crippen LogP contribution in [0.4, 0.5) is 0 Å². The van der Waals surface area contributed by atoms with Crippen LogP contribution in [0.3, 0.4) is 0 Å². The molecule has 0 bridgehead atoms. The van der Waals surface area contributed by atoms with Crippen molar-refractivity contribution in [1.29, 1.82) is 0 Å². The first-order chi connectivity index (χ1) is 5.18. The van der Waals surface area contributed by atoms with Crippen LogP contribution in [-0.4, -0.2) is 35.5 Å². The molecule has 1 unspecified atom stereocenters. The summed E-state index contributed by atoms with van der Waals surface area (Å²) in [4.78, 5) is 0. The molecule has 0 aliphatic carbocycles. The van der Waals surface area contributed by atoms with Gasteiger partial charge in [0.25, 0.3) is 0 Å². The maximum absolute atomic E-state index is 9.73. The molecule has 68 valence electrons. The summed E-state index contributed by atoms with van der Waals surface area (Å²) < 4.78 is 0. The summed E-state index contributed by atoms with van der Waals surface area (Å²) >= 11 is 0. The molecular formula is C8H19NO2. The predicted molar refractivity (Wildman–Crippen MR) is 45.5 cm³/mol. The summed E-state index contributed by atoms with van der Waals surface area (Å²) in [5.41, 5.74) is -0.717. The van der Waals surface area contributed by atoms with Crippen LogP contribution in [0.5, 0.6) is 0 Å². The molecule has 3 N–H and O–H groups in total. The van der Waals surface area contributed by atoms with Gasteiger partial charge >= 0.3 is 0 Å². The third-order valence-electron chi connectivity index (χ3n) is 1.94. The second-order valence-corrected chi connectivity index (χ2v) is 2.83. The number of likely N-dealkylation sites (N-methyl/N-ethyl adjacent to an activating group) is 1. The number of hydrogen-bond acceptors (Lipinski definition) is 3. The molecule has 0 rings (SSSR count). The third-order valence-corrected chi connectivity index (χ3v) is 1.94. The van der Waals surface area contributed by atoms with Gasteiger partial charge in [-0.05, 0) is 13.0 Å². The number of aliphatic hydroxyl groups is 2. The Morgan fingerprint density at radius 3 is 2.36 bits per heavy atom. The Morgan fingerprint density at radius 1 is 1.36 bits per heavy atom. The molecule has 0 amide bonds. The summed E-state index contributed by atoms with van der Waals surface area (Å²) in [7, 11) is 0. The minimum absolute atomic E-state index is 0.0513. The Bertz CT molecular complexity index is 98.1. The second-order valence-electron chi connectivity index (χ2n) is 2.83. The Hall–Kier alpha value is -0.120. The number of nitrogens with one attached hydrogen (secondary N) is 1. The van der Waals surface area contributed by atoms with Gasteiger partial charge < -0.3 is 15.5 Å². The van der Waals surface area contributed by atoms with E-state index in [-0.39, 0.29) is 6.61 Å². The molecule has 1 atom stereocenters. The normalized spacial score (nSPS) is 16.4. The predicted octanol–water partition coefficient (Wildman–Crippen LogP) is 0.119. The third kappa shape index (κ3) is 4.35. The minimum Gasteiger partial charge on any atom is -0.396 e. The molecular weight excluding hydrogens is 142 g/mol. The van der Waals surface area contributed by atoms with Crippen LogP contribution in [0.2, 0.25) is 0 Å². The smallest absolute Gasteiger partial charge is 0.0790 e. The largest absolute Gasteiger partial charge is 0.396 e. The lowest BCUT2D eigenvalue weighted by atomic mass is 9.97. The van der Waals surface area contributed by atoms with Crippen LogP contribution in [0.15, 0.2) is 0 Å². The van der Waals surface area contributed by atoms with E-state index in [2.05, 4.69) is 5.32 Å². The zero-order valence-corrected chi connectivity index (χ0v) is 7.43. The fourth-order valence-corrected chi connectivity index (χ4v) is 0.956. The van der Waals surface area contributed by atoms with Gasteiger partial charge in [0.1, 0.15) is 0 Å². The van der Waals surface area contributed by atoms with Crippen molar-refractivity contribution in [2.75, 3.05) is 19.7 Å². The van der Waals surface area contributed by atoms with Crippen molar-refractivity contribution in [3.8, 4) is 0 Å². The molecule has 11 heavy (non-hydrogen) atoms. The van der Waals surface area contributed by atoms with E-state index in [1.54, 1.807) is 0 Å². The Balaban J connectivity index is 3.68. The van der Waals surface area contributed by atoms with Crippen molar-refractivity contribution in [3.05, 3.63) is 0 Å². The quantitative estimate of drug-likeness (QED) is 0.518. The van der Waals surface area contributed by atoms with Gasteiger partial charge in [0.2, 0.25) is 0 Å². The number of rotatable bonds is 6. The lowest BCUT2D eigenvalue weighted by Crippen LogP contribution is -2.40. The first-order valence-corrected chi connectivity index (χ1v) is 4.22. The van der Waals surface area contributed by atoms with Crippen molar-refractivity contribution in [2.24, 2.45) is 0 Å². The second kappa shape index (κ2) is 5.52. The van der Waals surface area contributed by atoms with Crippen molar-refractivity contribution < 1.29 is 10.2 Å². The topological polar surface area (TPSA) is 52.5 Å². The highest BCUT2D eigenvalue weighted by molar-refractivity contribution is 4.78. The van der Waals surface area contributed by atoms with Crippen molar-refractivity contribution in [1.82, 2.24) is 5.32 Å². The van der Waals surface area contributed by atoms with Crippen LogP contribution >= 0.6 is 0 Å². The zero-order valence-electron chi connectivity index (χ0n) is 7.43. The van der Waals surface area contributed by atoms with Crippen molar-refractivity contribution in [3.63, 3.8) is 0 Å². The number of aliphatic hydroxyl groups excluding tert-OH is 1. The van der Waals surface area contributed by atoms with Crippen LogP contribution in [0.1, 0.15) is 26.7 Å². The summed E-state index contributed by atoms with van der Waals surface area (Å²) in [5, 5.41) is 21.4. The van der Waals surface area contributed by atoms with E-state index < -0.39 is 5.60 Å². The number of hydrogen-bond donors (Lipinski definition) is 3. The summed E-state index contributed by atoms with van der Waals surface area (Å²) in [5.74, 6) is 0. The van der Waals surface area contributed by atoms with Gasteiger partial charge in [0.15, 0.2) is 0 Å². The van der Waals surface area contributed by atoms with E-state index in [4.69, 9.17) is 5.11 Å². The van der Waals surface area contributed by atoms with E-state index in [1.165, 1.54) is 0 Å². The van der Waals surface area contributed by atoms with Gasteiger partial charge in [0.05, 0.1) is 5.60 Å². The Labute approximate surface area is 68.4 Å². The molecule has 3 nitrogen and oxygen atoms in total. The van der Waals surface area contributed by atoms with Crippen molar-refractivity contribution >= 4 is 0 Å². The zero-order chi connectivity index (χ0) is 8.74. The highest BCUT2D eigenvalue weighted by Crippen LogP contribution is 2.12. The molecule has 0 saturated carbocycles. The van der Waals surface area contributed by atoms with Gasteiger partial charge in [-0.3, -0.25) is 0 Å². The highest BCUT2D eigenvalue weighted by atomic mass is 16.3. The molecule has 0 saturated heterocycles. The molecule has 0 aliphatic rings. The molecule has 0 aromatic rings. The maximum atomic E-state index is 9.73. The average Bonchev–Trinajstić information content (AvgIpc) is 2.02. The minimum atomic E-state index is -0.717. The molecule has 0 fully saturated rings. The lowest BCUT2D eigenvalue weighted by molar-refractivity contribution is 0.0132. The van der Waals surface area contributed by atoms with Crippen molar-refractivity contribution in [2.45, 2.75) is 32.3 Å². The van der Waals surface area contributed by atoms with Crippen LogP contribution in [0.25, 0.3) is 0 Å². The highest BCUT2D eigenvalue weighted by Gasteiger charge is 2.22. The van der Waals surface area contributed by atoms with E-state index in [0.29, 0.717) is 19.4 Å². The van der Waals surface area contributed by atoms with Gasteiger partial charge in [-0.25, -0.2) is 0 Å². The average molecular weight is 161 g/mol. The van der Waals surface area contributed by atoms with E-state index in [0.717, 1.165) is 6.54 Å². The van der Waals surface area contributed by atoms with Crippen LogP contribution < -0.4 is 5.32 Å². The van der Waals surface area contributed by atoms with Gasteiger partial charge in [-0.15, -0.1) is 0 Å². The summed E-state index contributed by atoms with van der Waals surface area (Å²) in [6.07, 6.45) is 1.14. The monoisotopic (exact) mass is 161 g/mol. The Morgan fingerprint density at radius 2 is 2.00 bits per heavy atom. The maximum Gasteiger partial charge on any atom is 0.0790 e. The van der Waals surface area contributed by atoms with E-state index in [1.807, 2.05) is 13.8 Å². The van der Waals surface area contributed by atoms with Gasteiger partial charge in [-0.2, -0.15) is 0 Å². The first kappa shape index (κ1) is 10.9. The van der Waals surface area contributed by atoms with Gasteiger partial charge in [0, 0.05) is 19.6 Å². The standard InChI is InChI=1S/C8H19NO2/c1-3-8(11,5-6-10)7-9-4-2/h9-11H,3-7H2,1-2H3. The van der Waals surface area contributed by atoms with Gasteiger partial charge in [-0.1, -0.05) is 13.8 Å². The molecule has 3 heteroatoms. The molecule has 0 radical (unpaired) electrons. The molecule has 0 aromatic carbocycles. The molecule has 0 aliphatic heterocycles. The fourth-order valence-electron chi connectivity index (χ4n) is 0.956. The molecule has 0 aromatic heterocycles. The molecule has 0 spiro atoms. The van der Waals surface area contributed by atoms with Crippen LogP contribution in [0, 0.1) is 0 Å². The fraction of sp³-hybridized carbons (Fsp3) is 1.00.